The number of carbonyl (C=O) groups excluding carboxylic acids is 1. The molecule has 2 aliphatic rings. The van der Waals surface area contributed by atoms with Gasteiger partial charge in [-0.05, 0) is 49.3 Å². The molecule has 5 rings (SSSR count). The fourth-order valence-corrected chi connectivity index (χ4v) is 5.02. The number of piperidine rings is 1. The summed E-state index contributed by atoms with van der Waals surface area (Å²) in [4.78, 5) is 19.7. The van der Waals surface area contributed by atoms with Crippen LogP contribution in [0, 0.1) is 5.41 Å². The van der Waals surface area contributed by atoms with E-state index >= 15 is 0 Å². The van der Waals surface area contributed by atoms with E-state index in [1.165, 1.54) is 24.2 Å². The predicted octanol–water partition coefficient (Wildman–Crippen LogP) is 5.95. The van der Waals surface area contributed by atoms with Crippen molar-refractivity contribution >= 4 is 38.8 Å². The first-order valence-corrected chi connectivity index (χ1v) is 10.8. The second-order valence-electron chi connectivity index (χ2n) is 8.18. The maximum absolute atomic E-state index is 13.1. The van der Waals surface area contributed by atoms with Crippen LogP contribution in [0.3, 0.4) is 0 Å². The summed E-state index contributed by atoms with van der Waals surface area (Å²) in [6.45, 7) is 1.84. The largest absolute Gasteiger partial charge is 0.417 e. The molecule has 0 bridgehead atoms. The number of fused-ring (bicyclic) bond motifs is 1. The average molecular weight is 431 g/mol. The summed E-state index contributed by atoms with van der Waals surface area (Å²) >= 11 is 1.21. The summed E-state index contributed by atoms with van der Waals surface area (Å²) in [5.74, 6) is -0.325. The van der Waals surface area contributed by atoms with Crippen LogP contribution in [0.2, 0.25) is 0 Å². The Bertz CT molecular complexity index is 1110. The van der Waals surface area contributed by atoms with Crippen LogP contribution in [0.4, 0.5) is 24.5 Å². The zero-order valence-electron chi connectivity index (χ0n) is 16.1. The first-order valence-electron chi connectivity index (χ1n) is 9.95. The van der Waals surface area contributed by atoms with Gasteiger partial charge in [0, 0.05) is 35.7 Å². The lowest BCUT2D eigenvalue weighted by Crippen LogP contribution is -2.35. The topological polar surface area (TPSA) is 45.2 Å². The summed E-state index contributed by atoms with van der Waals surface area (Å²) in [6.07, 6.45) is 1.24. The molecule has 1 amide bonds. The molecule has 4 nitrogen and oxygen atoms in total. The summed E-state index contributed by atoms with van der Waals surface area (Å²) in [5, 5.41) is 4.74. The number of benzene rings is 1. The van der Waals surface area contributed by atoms with E-state index in [-0.39, 0.29) is 5.91 Å². The second kappa shape index (κ2) is 6.97. The minimum atomic E-state index is -4.48. The van der Waals surface area contributed by atoms with Gasteiger partial charge in [0.25, 0.3) is 5.91 Å². The number of halogens is 3. The van der Waals surface area contributed by atoms with Crippen LogP contribution < -0.4 is 10.2 Å². The molecule has 3 aromatic rings. The van der Waals surface area contributed by atoms with E-state index in [1.807, 2.05) is 12.1 Å². The third kappa shape index (κ3) is 3.53. The van der Waals surface area contributed by atoms with Gasteiger partial charge < -0.3 is 10.2 Å². The number of rotatable bonds is 3. The number of para-hydroxylation sites is 1. The third-order valence-electron chi connectivity index (χ3n) is 6.28. The maximum atomic E-state index is 13.1. The highest BCUT2D eigenvalue weighted by Crippen LogP contribution is 2.54. The minimum Gasteiger partial charge on any atom is -0.371 e. The standard InChI is InChI=1S/C22H20F3N3OS/c23-22(24,25)14-11-16-17(13-30-20(16)26-12-14)27-19(29)15-3-1-2-4-18(15)28-9-7-21(5-6-21)8-10-28/h1-4,11-13H,5-10H2,(H,27,29). The van der Waals surface area contributed by atoms with Crippen LogP contribution in [-0.2, 0) is 6.18 Å². The Balaban J connectivity index is 1.41. The van der Waals surface area contributed by atoms with Gasteiger partial charge >= 0.3 is 6.18 Å². The van der Waals surface area contributed by atoms with Crippen LogP contribution in [0.25, 0.3) is 10.2 Å². The van der Waals surface area contributed by atoms with Crippen molar-refractivity contribution in [3.8, 4) is 0 Å². The van der Waals surface area contributed by atoms with Crippen molar-refractivity contribution < 1.29 is 18.0 Å². The molecule has 1 spiro atoms. The molecule has 1 N–H and O–H groups in total. The molecule has 2 fully saturated rings. The lowest BCUT2D eigenvalue weighted by molar-refractivity contribution is -0.137. The second-order valence-corrected chi connectivity index (χ2v) is 9.04. The molecule has 1 saturated carbocycles. The number of nitrogens with zero attached hydrogens (tertiary/aromatic N) is 2. The molecule has 1 aliphatic carbocycles. The number of anilines is 2. The molecule has 0 unspecified atom stereocenters. The van der Waals surface area contributed by atoms with Crippen LogP contribution in [0.1, 0.15) is 41.6 Å². The normalized spacial score (nSPS) is 18.0. The van der Waals surface area contributed by atoms with Crippen LogP contribution in [0.15, 0.2) is 41.9 Å². The number of aromatic nitrogens is 1. The predicted molar refractivity (Wildman–Crippen MR) is 112 cm³/mol. The Morgan fingerprint density at radius 2 is 1.87 bits per heavy atom. The van der Waals surface area contributed by atoms with Crippen LogP contribution >= 0.6 is 11.3 Å². The molecule has 0 atom stereocenters. The first-order chi connectivity index (χ1) is 14.3. The van der Waals surface area contributed by atoms with Crippen molar-refractivity contribution in [2.45, 2.75) is 31.9 Å². The number of hydrogen-bond acceptors (Lipinski definition) is 4. The van der Waals surface area contributed by atoms with E-state index in [4.69, 9.17) is 0 Å². The Morgan fingerprint density at radius 3 is 2.57 bits per heavy atom. The van der Waals surface area contributed by atoms with Gasteiger partial charge in [0.1, 0.15) is 4.83 Å². The summed E-state index contributed by atoms with van der Waals surface area (Å²) in [6, 6.07) is 8.46. The zero-order valence-corrected chi connectivity index (χ0v) is 16.9. The van der Waals surface area contributed by atoms with E-state index in [1.54, 1.807) is 17.5 Å². The number of hydrogen-bond donors (Lipinski definition) is 1. The van der Waals surface area contributed by atoms with E-state index < -0.39 is 11.7 Å². The maximum Gasteiger partial charge on any atom is 0.417 e. The van der Waals surface area contributed by atoms with Crippen molar-refractivity contribution in [3.63, 3.8) is 0 Å². The minimum absolute atomic E-state index is 0.300. The fourth-order valence-electron chi connectivity index (χ4n) is 4.20. The van der Waals surface area contributed by atoms with Crippen molar-refractivity contribution in [1.82, 2.24) is 4.98 Å². The van der Waals surface area contributed by atoms with Gasteiger partial charge in [0.15, 0.2) is 0 Å². The summed E-state index contributed by atoms with van der Waals surface area (Å²) < 4.78 is 39.2. The summed E-state index contributed by atoms with van der Waals surface area (Å²) in [5.41, 5.74) is 1.46. The fraction of sp³-hybridized carbons (Fsp3) is 0.364. The molecule has 1 aromatic carbocycles. The highest BCUT2D eigenvalue weighted by atomic mass is 32.1. The molecule has 3 heterocycles. The number of nitrogens with one attached hydrogen (secondary N) is 1. The quantitative estimate of drug-likeness (QED) is 0.558. The number of pyridine rings is 1. The zero-order chi connectivity index (χ0) is 20.9. The highest BCUT2D eigenvalue weighted by Gasteiger charge is 2.44. The van der Waals surface area contributed by atoms with E-state index in [9.17, 15) is 18.0 Å². The van der Waals surface area contributed by atoms with Crippen LogP contribution in [0.5, 0.6) is 0 Å². The van der Waals surface area contributed by atoms with E-state index in [0.717, 1.165) is 43.9 Å². The molecule has 1 aliphatic heterocycles. The lowest BCUT2D eigenvalue weighted by atomic mass is 9.93. The first kappa shape index (κ1) is 19.4. The number of carbonyl (C=O) groups is 1. The monoisotopic (exact) mass is 431 g/mol. The Hall–Kier alpha value is -2.61. The Labute approximate surface area is 175 Å². The molecular formula is C22H20F3N3OS. The third-order valence-corrected chi connectivity index (χ3v) is 7.18. The van der Waals surface area contributed by atoms with Crippen molar-refractivity contribution in [2.75, 3.05) is 23.3 Å². The van der Waals surface area contributed by atoms with Gasteiger partial charge in [-0.15, -0.1) is 11.3 Å². The van der Waals surface area contributed by atoms with Gasteiger partial charge in [0.2, 0.25) is 0 Å². The molecule has 8 heteroatoms. The van der Waals surface area contributed by atoms with Crippen molar-refractivity contribution in [3.05, 3.63) is 53.0 Å². The van der Waals surface area contributed by atoms with Crippen molar-refractivity contribution in [1.29, 1.82) is 0 Å². The van der Waals surface area contributed by atoms with Crippen molar-refractivity contribution in [2.24, 2.45) is 5.41 Å². The molecule has 0 radical (unpaired) electrons. The molecule has 156 valence electrons. The van der Waals surface area contributed by atoms with Gasteiger partial charge in [-0.2, -0.15) is 13.2 Å². The SMILES string of the molecule is O=C(Nc1csc2ncc(C(F)(F)F)cc12)c1ccccc1N1CCC2(CC1)CC2. The molecule has 2 aromatic heterocycles. The summed E-state index contributed by atoms with van der Waals surface area (Å²) in [7, 11) is 0. The van der Waals surface area contributed by atoms with Gasteiger partial charge in [-0.3, -0.25) is 4.79 Å². The molecular weight excluding hydrogens is 411 g/mol. The van der Waals surface area contributed by atoms with E-state index in [0.29, 0.717) is 26.9 Å². The van der Waals surface area contributed by atoms with Gasteiger partial charge in [-0.1, -0.05) is 12.1 Å². The van der Waals surface area contributed by atoms with Gasteiger partial charge in [-0.25, -0.2) is 4.98 Å². The Morgan fingerprint density at radius 1 is 1.13 bits per heavy atom. The smallest absolute Gasteiger partial charge is 0.371 e. The number of amides is 1. The molecule has 1 saturated heterocycles. The highest BCUT2D eigenvalue weighted by molar-refractivity contribution is 7.17. The number of thiophene rings is 1. The van der Waals surface area contributed by atoms with Crippen LogP contribution in [-0.4, -0.2) is 24.0 Å². The molecule has 30 heavy (non-hydrogen) atoms. The van der Waals surface area contributed by atoms with E-state index in [2.05, 4.69) is 15.2 Å². The van der Waals surface area contributed by atoms with Gasteiger partial charge in [0.05, 0.1) is 16.8 Å². The lowest BCUT2D eigenvalue weighted by Gasteiger charge is -2.34. The average Bonchev–Trinajstić information content (AvgIpc) is 3.37. The number of alkyl halides is 3. The Kier molecular flexibility index (Phi) is 4.50.